The summed E-state index contributed by atoms with van der Waals surface area (Å²) in [5.74, 6) is -1.07. The summed E-state index contributed by atoms with van der Waals surface area (Å²) in [6.45, 7) is 1.76. The third-order valence-electron chi connectivity index (χ3n) is 5.37. The molecule has 9 heteroatoms. The zero-order chi connectivity index (χ0) is 22.6. The van der Waals surface area contributed by atoms with Crippen LogP contribution in [-0.2, 0) is 0 Å². The number of aryl methyl sites for hydroxylation is 1. The zero-order valence-corrected chi connectivity index (χ0v) is 16.6. The molecule has 32 heavy (non-hydrogen) atoms. The highest BCUT2D eigenvalue weighted by atomic mass is 19.1. The number of hydrogen-bond donors (Lipinski definition) is 0. The van der Waals surface area contributed by atoms with E-state index in [2.05, 4.69) is 4.98 Å². The van der Waals surface area contributed by atoms with Crippen molar-refractivity contribution in [2.24, 2.45) is 0 Å². The molecule has 1 aliphatic heterocycles. The van der Waals surface area contributed by atoms with Crippen molar-refractivity contribution in [1.82, 2.24) is 4.98 Å². The number of halogens is 1. The molecule has 1 amide bonds. The molecule has 1 unspecified atom stereocenters. The normalized spacial score (nSPS) is 15.2. The Morgan fingerprint density at radius 3 is 2.53 bits per heavy atom. The van der Waals surface area contributed by atoms with Crippen molar-refractivity contribution in [1.29, 1.82) is 0 Å². The fraction of sp³-hybridized carbons (Fsp3) is 0.0870. The summed E-state index contributed by atoms with van der Waals surface area (Å²) in [5, 5.41) is 11.1. The number of nitro groups is 1. The highest BCUT2D eigenvalue weighted by Gasteiger charge is 2.44. The Kier molecular flexibility index (Phi) is 4.33. The minimum Gasteiger partial charge on any atom is -0.450 e. The molecule has 0 aliphatic carbocycles. The van der Waals surface area contributed by atoms with Gasteiger partial charge in [-0.1, -0.05) is 6.07 Å². The van der Waals surface area contributed by atoms with Crippen LogP contribution < -0.4 is 10.3 Å². The van der Waals surface area contributed by atoms with Crippen LogP contribution in [0, 0.1) is 22.9 Å². The second-order valence-corrected chi connectivity index (χ2v) is 7.38. The maximum atomic E-state index is 13.8. The highest BCUT2D eigenvalue weighted by Crippen LogP contribution is 2.41. The average molecular weight is 431 g/mol. The third-order valence-corrected chi connectivity index (χ3v) is 5.37. The number of fused-ring (bicyclic) bond motifs is 2. The number of hydrogen-bond acceptors (Lipinski definition) is 6. The van der Waals surface area contributed by atoms with Crippen molar-refractivity contribution >= 4 is 28.4 Å². The van der Waals surface area contributed by atoms with E-state index in [1.54, 1.807) is 25.1 Å². The maximum absolute atomic E-state index is 13.8. The number of nitro benzene ring substituents is 1. The first-order valence-electron chi connectivity index (χ1n) is 9.63. The monoisotopic (exact) mass is 431 g/mol. The molecule has 1 atom stereocenters. The number of rotatable bonds is 3. The van der Waals surface area contributed by atoms with Crippen LogP contribution in [0.5, 0.6) is 0 Å². The van der Waals surface area contributed by atoms with Crippen LogP contribution in [0.15, 0.2) is 69.9 Å². The second kappa shape index (κ2) is 7.09. The van der Waals surface area contributed by atoms with Crippen molar-refractivity contribution in [2.75, 3.05) is 4.90 Å². The number of aromatic nitrogens is 1. The first-order valence-corrected chi connectivity index (χ1v) is 9.63. The van der Waals surface area contributed by atoms with Gasteiger partial charge in [0.05, 0.1) is 21.9 Å². The zero-order valence-electron chi connectivity index (χ0n) is 16.6. The maximum Gasteiger partial charge on any atom is 0.296 e. The molecule has 4 aromatic rings. The molecule has 3 heterocycles. The predicted molar refractivity (Wildman–Crippen MR) is 113 cm³/mol. The average Bonchev–Trinajstić information content (AvgIpc) is 3.07. The molecule has 0 spiro atoms. The fourth-order valence-corrected chi connectivity index (χ4v) is 3.94. The second-order valence-electron chi connectivity index (χ2n) is 7.38. The van der Waals surface area contributed by atoms with E-state index in [0.717, 1.165) is 12.1 Å². The van der Waals surface area contributed by atoms with Crippen LogP contribution >= 0.6 is 0 Å². The van der Waals surface area contributed by atoms with Crippen molar-refractivity contribution in [3.63, 3.8) is 0 Å². The van der Waals surface area contributed by atoms with Gasteiger partial charge in [-0.25, -0.2) is 9.37 Å². The summed E-state index contributed by atoms with van der Waals surface area (Å²) < 4.78 is 19.6. The topological polar surface area (TPSA) is 107 Å². The Labute approximate surface area is 179 Å². The summed E-state index contributed by atoms with van der Waals surface area (Å²) in [4.78, 5) is 43.1. The van der Waals surface area contributed by atoms with Gasteiger partial charge in [0.15, 0.2) is 5.43 Å². The first kappa shape index (κ1) is 19.6. The van der Waals surface area contributed by atoms with Gasteiger partial charge in [-0.2, -0.15) is 0 Å². The van der Waals surface area contributed by atoms with Crippen LogP contribution in [0.3, 0.4) is 0 Å². The third kappa shape index (κ3) is 2.94. The number of anilines is 1. The summed E-state index contributed by atoms with van der Waals surface area (Å²) in [7, 11) is 0. The van der Waals surface area contributed by atoms with Gasteiger partial charge < -0.3 is 4.42 Å². The van der Waals surface area contributed by atoms with Gasteiger partial charge in [-0.15, -0.1) is 0 Å². The molecule has 0 fully saturated rings. The lowest BCUT2D eigenvalue weighted by Gasteiger charge is -2.24. The molecule has 1 aliphatic rings. The van der Waals surface area contributed by atoms with Gasteiger partial charge >= 0.3 is 0 Å². The molecule has 0 bridgehead atoms. The fourth-order valence-electron chi connectivity index (χ4n) is 3.94. The number of pyridine rings is 1. The van der Waals surface area contributed by atoms with Crippen molar-refractivity contribution in [2.45, 2.75) is 13.0 Å². The summed E-state index contributed by atoms with van der Waals surface area (Å²) in [6, 6.07) is 13.2. The summed E-state index contributed by atoms with van der Waals surface area (Å²) in [6.07, 6.45) is 0. The molecule has 0 N–H and O–H groups in total. The smallest absolute Gasteiger partial charge is 0.296 e. The lowest BCUT2D eigenvalue weighted by molar-refractivity contribution is -0.384. The van der Waals surface area contributed by atoms with Gasteiger partial charge in [0.25, 0.3) is 11.6 Å². The van der Waals surface area contributed by atoms with Crippen LogP contribution in [-0.4, -0.2) is 15.8 Å². The van der Waals surface area contributed by atoms with Gasteiger partial charge in [0.2, 0.25) is 5.76 Å². The van der Waals surface area contributed by atoms with E-state index in [1.807, 2.05) is 0 Å². The van der Waals surface area contributed by atoms with E-state index in [0.29, 0.717) is 17.1 Å². The Balaban J connectivity index is 1.80. The molecule has 8 nitrogen and oxygen atoms in total. The van der Waals surface area contributed by atoms with Gasteiger partial charge in [0, 0.05) is 17.8 Å². The number of amides is 1. The number of nitrogens with zero attached hydrogens (tertiary/aromatic N) is 3. The van der Waals surface area contributed by atoms with Crippen molar-refractivity contribution in [3.05, 3.63) is 109 Å². The number of carbonyl (C=O) groups is 1. The highest BCUT2D eigenvalue weighted by molar-refractivity contribution is 6.10. The van der Waals surface area contributed by atoms with Crippen LogP contribution in [0.4, 0.5) is 15.9 Å². The Morgan fingerprint density at radius 1 is 1.09 bits per heavy atom. The SMILES string of the molecule is Cc1cccc(N2C(=O)c3oc4ccc(F)cc4c(=O)c3C2c2ccc([N+](=O)[O-])cc2)n1. The quantitative estimate of drug-likeness (QED) is 0.354. The van der Waals surface area contributed by atoms with E-state index in [4.69, 9.17) is 4.42 Å². The Hall–Kier alpha value is -4.40. The van der Waals surface area contributed by atoms with E-state index in [-0.39, 0.29) is 28.0 Å². The Bertz CT molecular complexity index is 1480. The molecule has 158 valence electrons. The van der Waals surface area contributed by atoms with Gasteiger partial charge in [0.1, 0.15) is 17.2 Å². The van der Waals surface area contributed by atoms with E-state index in [9.17, 15) is 24.1 Å². The molecule has 2 aromatic heterocycles. The Morgan fingerprint density at radius 2 is 1.84 bits per heavy atom. The standard InChI is InChI=1S/C23H14FN3O5/c1-12-3-2-4-18(25-12)26-20(13-5-8-15(9-6-13)27(30)31)19-21(28)16-11-14(24)7-10-17(16)32-22(19)23(26)29/h2-11,20H,1H3. The number of benzene rings is 2. The molecule has 0 saturated heterocycles. The van der Waals surface area contributed by atoms with Crippen LogP contribution in [0.1, 0.15) is 33.4 Å². The van der Waals surface area contributed by atoms with Gasteiger partial charge in [-0.05, 0) is 55.0 Å². The molecule has 2 aromatic carbocycles. The molecule has 5 rings (SSSR count). The molecular weight excluding hydrogens is 417 g/mol. The molecule has 0 saturated carbocycles. The first-order chi connectivity index (χ1) is 15.3. The van der Waals surface area contributed by atoms with Crippen LogP contribution in [0.25, 0.3) is 11.0 Å². The van der Waals surface area contributed by atoms with Crippen molar-refractivity contribution in [3.8, 4) is 0 Å². The van der Waals surface area contributed by atoms with E-state index < -0.39 is 28.1 Å². The predicted octanol–water partition coefficient (Wildman–Crippen LogP) is 4.29. The van der Waals surface area contributed by atoms with E-state index in [1.165, 1.54) is 35.2 Å². The van der Waals surface area contributed by atoms with Gasteiger partial charge in [-0.3, -0.25) is 24.6 Å². The minimum atomic E-state index is -0.948. The lowest BCUT2D eigenvalue weighted by atomic mass is 9.98. The lowest BCUT2D eigenvalue weighted by Crippen LogP contribution is -2.30. The van der Waals surface area contributed by atoms with E-state index >= 15 is 0 Å². The molecule has 0 radical (unpaired) electrons. The minimum absolute atomic E-state index is 0.00233. The largest absolute Gasteiger partial charge is 0.450 e. The number of carbonyl (C=O) groups excluding carboxylic acids is 1. The molecular formula is C23H14FN3O5. The number of non-ortho nitro benzene ring substituents is 1. The summed E-state index contributed by atoms with van der Waals surface area (Å²) >= 11 is 0. The summed E-state index contributed by atoms with van der Waals surface area (Å²) in [5.41, 5.74) is 0.545. The van der Waals surface area contributed by atoms with Crippen molar-refractivity contribution < 1.29 is 18.5 Å². The van der Waals surface area contributed by atoms with Crippen LogP contribution in [0.2, 0.25) is 0 Å².